The fraction of sp³-hybridized carbons (Fsp3) is 0.571. The first-order valence-electron chi connectivity index (χ1n) is 5.93. The molecule has 2 atom stereocenters. The van der Waals surface area contributed by atoms with Gasteiger partial charge < -0.3 is 5.11 Å². The highest BCUT2D eigenvalue weighted by Gasteiger charge is 2.08. The zero-order chi connectivity index (χ0) is 11.3. The van der Waals surface area contributed by atoms with Crippen LogP contribution < -0.4 is 0 Å². The first-order chi connectivity index (χ1) is 7.22. The molecule has 0 fully saturated rings. The Labute approximate surface area is 93.1 Å². The molecule has 1 aromatic carbocycles. The number of aliphatic hydroxyl groups excluding tert-OH is 1. The van der Waals surface area contributed by atoms with Crippen molar-refractivity contribution in [2.24, 2.45) is 0 Å². The van der Waals surface area contributed by atoms with Crippen LogP contribution >= 0.6 is 0 Å². The number of rotatable bonds is 5. The van der Waals surface area contributed by atoms with E-state index >= 15 is 0 Å². The highest BCUT2D eigenvalue weighted by Crippen LogP contribution is 2.23. The van der Waals surface area contributed by atoms with E-state index in [1.165, 1.54) is 17.5 Å². The topological polar surface area (TPSA) is 20.2 Å². The maximum absolute atomic E-state index is 9.20. The molecule has 0 saturated heterocycles. The smallest absolute Gasteiger partial charge is 0.0499 e. The van der Waals surface area contributed by atoms with Crippen LogP contribution in [0.4, 0.5) is 0 Å². The van der Waals surface area contributed by atoms with Crippen molar-refractivity contribution in [1.29, 1.82) is 0 Å². The van der Waals surface area contributed by atoms with Crippen molar-refractivity contribution in [3.05, 3.63) is 35.4 Å². The van der Waals surface area contributed by atoms with Crippen LogP contribution in [0.15, 0.2) is 24.3 Å². The predicted molar refractivity (Wildman–Crippen MR) is 65.3 cm³/mol. The Morgan fingerprint density at radius 2 is 1.53 bits per heavy atom. The molecule has 0 saturated carbocycles. The van der Waals surface area contributed by atoms with Gasteiger partial charge in [0.1, 0.15) is 0 Å². The molecule has 0 aliphatic carbocycles. The van der Waals surface area contributed by atoms with E-state index in [2.05, 4.69) is 45.0 Å². The second-order valence-electron chi connectivity index (χ2n) is 4.26. The van der Waals surface area contributed by atoms with Gasteiger partial charge in [0.15, 0.2) is 0 Å². The summed E-state index contributed by atoms with van der Waals surface area (Å²) in [5.41, 5.74) is 2.65. The molecule has 0 aliphatic rings. The van der Waals surface area contributed by atoms with Crippen LogP contribution in [0.5, 0.6) is 0 Å². The Kier molecular flexibility index (Phi) is 4.83. The Balaban J connectivity index is 2.79. The molecule has 0 bridgehead atoms. The third kappa shape index (κ3) is 3.07. The second-order valence-corrected chi connectivity index (χ2v) is 4.26. The summed E-state index contributed by atoms with van der Waals surface area (Å²) in [7, 11) is 0. The van der Waals surface area contributed by atoms with Gasteiger partial charge in [-0.15, -0.1) is 0 Å². The van der Waals surface area contributed by atoms with E-state index in [9.17, 15) is 5.11 Å². The number of aliphatic hydroxyl groups is 1. The average Bonchev–Trinajstić information content (AvgIpc) is 2.30. The molecule has 0 amide bonds. The van der Waals surface area contributed by atoms with E-state index in [0.29, 0.717) is 11.8 Å². The van der Waals surface area contributed by atoms with Crippen LogP contribution in [-0.4, -0.2) is 11.7 Å². The van der Waals surface area contributed by atoms with Crippen LogP contribution in [0, 0.1) is 0 Å². The van der Waals surface area contributed by atoms with Gasteiger partial charge in [-0.25, -0.2) is 0 Å². The molecule has 0 aromatic heterocycles. The molecule has 0 radical (unpaired) electrons. The van der Waals surface area contributed by atoms with Gasteiger partial charge in [0.2, 0.25) is 0 Å². The molecule has 0 heterocycles. The summed E-state index contributed by atoms with van der Waals surface area (Å²) in [4.78, 5) is 0. The highest BCUT2D eigenvalue weighted by atomic mass is 16.3. The summed E-state index contributed by atoms with van der Waals surface area (Å²) in [6.45, 7) is 6.82. The van der Waals surface area contributed by atoms with Crippen LogP contribution in [-0.2, 0) is 0 Å². The van der Waals surface area contributed by atoms with Gasteiger partial charge in [-0.3, -0.25) is 0 Å². The van der Waals surface area contributed by atoms with Crippen LogP contribution in [0.25, 0.3) is 0 Å². The number of hydrogen-bond acceptors (Lipinski definition) is 1. The first-order valence-corrected chi connectivity index (χ1v) is 5.93. The minimum atomic E-state index is 0.249. The zero-order valence-corrected chi connectivity index (χ0v) is 10.0. The van der Waals surface area contributed by atoms with Crippen molar-refractivity contribution in [1.82, 2.24) is 0 Å². The van der Waals surface area contributed by atoms with Crippen LogP contribution in [0.3, 0.4) is 0 Å². The van der Waals surface area contributed by atoms with Gasteiger partial charge in [-0.2, -0.15) is 0 Å². The van der Waals surface area contributed by atoms with E-state index in [1.807, 2.05) is 0 Å². The van der Waals surface area contributed by atoms with Crippen molar-refractivity contribution >= 4 is 0 Å². The van der Waals surface area contributed by atoms with Gasteiger partial charge in [0.25, 0.3) is 0 Å². The number of benzene rings is 1. The lowest BCUT2D eigenvalue weighted by Crippen LogP contribution is -2.02. The van der Waals surface area contributed by atoms with Gasteiger partial charge in [0.05, 0.1) is 0 Å². The molecule has 1 aromatic rings. The summed E-state index contributed by atoms with van der Waals surface area (Å²) in [6, 6.07) is 8.71. The van der Waals surface area contributed by atoms with E-state index in [4.69, 9.17) is 0 Å². The highest BCUT2D eigenvalue weighted by molar-refractivity contribution is 5.27. The minimum absolute atomic E-state index is 0.249. The molecule has 1 heteroatoms. The summed E-state index contributed by atoms with van der Waals surface area (Å²) in [6.07, 6.45) is 2.18. The average molecular weight is 206 g/mol. The Bertz CT molecular complexity index is 272. The van der Waals surface area contributed by atoms with Crippen molar-refractivity contribution in [2.45, 2.75) is 45.4 Å². The molecule has 1 nitrogen and oxygen atoms in total. The summed E-state index contributed by atoms with van der Waals surface area (Å²) in [5, 5.41) is 9.20. The molecule has 0 aliphatic heterocycles. The third-order valence-corrected chi connectivity index (χ3v) is 3.30. The monoisotopic (exact) mass is 206 g/mol. The predicted octanol–water partition coefficient (Wildman–Crippen LogP) is 3.69. The normalized spacial score (nSPS) is 14.9. The Morgan fingerprint density at radius 3 is 1.93 bits per heavy atom. The lowest BCUT2D eigenvalue weighted by molar-refractivity contribution is 0.262. The van der Waals surface area contributed by atoms with Crippen LogP contribution in [0.1, 0.15) is 56.6 Å². The van der Waals surface area contributed by atoms with Crippen LogP contribution in [0.2, 0.25) is 0 Å². The largest absolute Gasteiger partial charge is 0.396 e. The zero-order valence-electron chi connectivity index (χ0n) is 10.0. The Hall–Kier alpha value is -0.820. The standard InChI is InChI=1S/C14H22O/c1-4-11(3)13-6-8-14(9-7-13)12(5-2)10-15/h6-9,11-12,15H,4-5,10H2,1-3H3. The van der Waals surface area contributed by atoms with Crippen molar-refractivity contribution < 1.29 is 5.11 Å². The van der Waals surface area contributed by atoms with Gasteiger partial charge in [-0.05, 0) is 29.9 Å². The Morgan fingerprint density at radius 1 is 1.00 bits per heavy atom. The van der Waals surface area contributed by atoms with Gasteiger partial charge >= 0.3 is 0 Å². The summed E-state index contributed by atoms with van der Waals surface area (Å²) >= 11 is 0. The number of hydrogen-bond donors (Lipinski definition) is 1. The molecular formula is C14H22O. The van der Waals surface area contributed by atoms with Crippen molar-refractivity contribution in [3.63, 3.8) is 0 Å². The summed E-state index contributed by atoms with van der Waals surface area (Å²) in [5.74, 6) is 0.934. The molecule has 15 heavy (non-hydrogen) atoms. The fourth-order valence-electron chi connectivity index (χ4n) is 1.80. The SMILES string of the molecule is CCC(C)c1ccc(C(CC)CO)cc1. The van der Waals surface area contributed by atoms with Crippen molar-refractivity contribution in [2.75, 3.05) is 6.61 Å². The molecular weight excluding hydrogens is 184 g/mol. The van der Waals surface area contributed by atoms with E-state index in [1.54, 1.807) is 0 Å². The maximum atomic E-state index is 9.20. The van der Waals surface area contributed by atoms with E-state index < -0.39 is 0 Å². The van der Waals surface area contributed by atoms with Crippen molar-refractivity contribution in [3.8, 4) is 0 Å². The van der Waals surface area contributed by atoms with Gasteiger partial charge in [-0.1, -0.05) is 45.0 Å². The van der Waals surface area contributed by atoms with E-state index in [0.717, 1.165) is 6.42 Å². The maximum Gasteiger partial charge on any atom is 0.0499 e. The minimum Gasteiger partial charge on any atom is -0.396 e. The van der Waals surface area contributed by atoms with E-state index in [-0.39, 0.29) is 6.61 Å². The molecule has 1 rings (SSSR count). The fourth-order valence-corrected chi connectivity index (χ4v) is 1.80. The molecule has 84 valence electrons. The first kappa shape index (κ1) is 12.3. The van der Waals surface area contributed by atoms with Gasteiger partial charge in [0, 0.05) is 12.5 Å². The third-order valence-electron chi connectivity index (χ3n) is 3.30. The second kappa shape index (κ2) is 5.92. The quantitative estimate of drug-likeness (QED) is 0.779. The molecule has 2 unspecified atom stereocenters. The molecule has 1 N–H and O–H groups in total. The lowest BCUT2D eigenvalue weighted by Gasteiger charge is -2.14. The lowest BCUT2D eigenvalue weighted by atomic mass is 9.93. The summed E-state index contributed by atoms with van der Waals surface area (Å²) < 4.78 is 0. The molecule has 0 spiro atoms.